The van der Waals surface area contributed by atoms with Gasteiger partial charge in [0.2, 0.25) is 5.78 Å². The van der Waals surface area contributed by atoms with Crippen molar-refractivity contribution in [1.29, 1.82) is 0 Å². The molecule has 0 amide bonds. The molecule has 148 valence electrons. The number of esters is 1. The molecule has 1 unspecified atom stereocenters. The topological polar surface area (TPSA) is 123 Å². The quantitative estimate of drug-likeness (QED) is 0.358. The highest BCUT2D eigenvalue weighted by atomic mass is 16.5. The standard InChI is InChI=1S/C20H20O8/c1-26-18-7-3-12(9-16(18)23)4-8-19(25)28-11-17(24)20(27-2)13-5-6-14(21)15(22)10-13/h3-10,20-23H,11H2,1-2H3. The fourth-order valence-electron chi connectivity index (χ4n) is 2.40. The number of carbonyl (C=O) groups excluding carboxylic acids is 2. The summed E-state index contributed by atoms with van der Waals surface area (Å²) in [6.07, 6.45) is 1.46. The van der Waals surface area contributed by atoms with Gasteiger partial charge in [-0.05, 0) is 41.5 Å². The molecule has 0 aromatic heterocycles. The summed E-state index contributed by atoms with van der Waals surface area (Å²) in [5.41, 5.74) is 0.846. The van der Waals surface area contributed by atoms with Crippen LogP contribution in [-0.2, 0) is 19.1 Å². The summed E-state index contributed by atoms with van der Waals surface area (Å²) in [5.74, 6) is -1.80. The number of rotatable bonds is 8. The van der Waals surface area contributed by atoms with Gasteiger partial charge in [0.1, 0.15) is 6.10 Å². The minimum absolute atomic E-state index is 0.0757. The molecule has 2 rings (SSSR count). The molecular formula is C20H20O8. The predicted octanol–water partition coefficient (Wildman–Crippen LogP) is 2.33. The van der Waals surface area contributed by atoms with Gasteiger partial charge in [0.25, 0.3) is 0 Å². The van der Waals surface area contributed by atoms with Crippen LogP contribution in [0, 0.1) is 0 Å². The van der Waals surface area contributed by atoms with Crippen LogP contribution in [0.3, 0.4) is 0 Å². The first kappa shape index (κ1) is 20.8. The summed E-state index contributed by atoms with van der Waals surface area (Å²) in [5, 5.41) is 28.6. The Morgan fingerprint density at radius 3 is 2.36 bits per heavy atom. The zero-order valence-corrected chi connectivity index (χ0v) is 15.3. The van der Waals surface area contributed by atoms with E-state index < -0.39 is 30.2 Å². The predicted molar refractivity (Wildman–Crippen MR) is 99.2 cm³/mol. The van der Waals surface area contributed by atoms with E-state index in [1.54, 1.807) is 12.1 Å². The molecule has 0 bridgehead atoms. The zero-order chi connectivity index (χ0) is 20.7. The SMILES string of the molecule is COc1ccc(C=CC(=O)OCC(=O)C(OC)c2ccc(O)c(O)c2)cc1O. The first-order chi connectivity index (χ1) is 13.3. The van der Waals surface area contributed by atoms with Gasteiger partial charge in [-0.15, -0.1) is 0 Å². The number of ether oxygens (including phenoxy) is 3. The van der Waals surface area contributed by atoms with Crippen molar-refractivity contribution in [2.75, 3.05) is 20.8 Å². The van der Waals surface area contributed by atoms with Crippen molar-refractivity contribution in [2.45, 2.75) is 6.10 Å². The van der Waals surface area contributed by atoms with Crippen LogP contribution in [0.15, 0.2) is 42.5 Å². The molecule has 3 N–H and O–H groups in total. The summed E-state index contributed by atoms with van der Waals surface area (Å²) in [6.45, 7) is -0.544. The van der Waals surface area contributed by atoms with Crippen LogP contribution < -0.4 is 4.74 Å². The Morgan fingerprint density at radius 1 is 1.00 bits per heavy atom. The zero-order valence-electron chi connectivity index (χ0n) is 15.3. The summed E-state index contributed by atoms with van der Waals surface area (Å²) < 4.78 is 14.9. The van der Waals surface area contributed by atoms with Gasteiger partial charge in [-0.2, -0.15) is 0 Å². The van der Waals surface area contributed by atoms with Crippen LogP contribution in [0.25, 0.3) is 6.08 Å². The summed E-state index contributed by atoms with van der Waals surface area (Å²) in [6, 6.07) is 8.42. The fourth-order valence-corrected chi connectivity index (χ4v) is 2.40. The van der Waals surface area contributed by atoms with Gasteiger partial charge in [-0.3, -0.25) is 4.79 Å². The van der Waals surface area contributed by atoms with Crippen molar-refractivity contribution in [3.8, 4) is 23.0 Å². The number of ketones is 1. The van der Waals surface area contributed by atoms with Crippen molar-refractivity contribution >= 4 is 17.8 Å². The number of aromatic hydroxyl groups is 3. The van der Waals surface area contributed by atoms with E-state index in [2.05, 4.69) is 0 Å². The number of hydrogen-bond acceptors (Lipinski definition) is 8. The van der Waals surface area contributed by atoms with Crippen molar-refractivity contribution in [3.05, 3.63) is 53.6 Å². The van der Waals surface area contributed by atoms with E-state index in [0.717, 1.165) is 6.08 Å². The third-order valence-corrected chi connectivity index (χ3v) is 3.80. The maximum absolute atomic E-state index is 12.2. The van der Waals surface area contributed by atoms with Gasteiger partial charge >= 0.3 is 5.97 Å². The van der Waals surface area contributed by atoms with Gasteiger partial charge in [0.05, 0.1) is 7.11 Å². The second kappa shape index (κ2) is 9.43. The third-order valence-electron chi connectivity index (χ3n) is 3.80. The van der Waals surface area contributed by atoms with Crippen LogP contribution in [0.2, 0.25) is 0 Å². The van der Waals surface area contributed by atoms with Crippen molar-refractivity contribution < 1.29 is 39.1 Å². The maximum atomic E-state index is 12.2. The molecule has 0 heterocycles. The number of carbonyl (C=O) groups is 2. The van der Waals surface area contributed by atoms with E-state index in [0.29, 0.717) is 16.9 Å². The number of phenolic OH excluding ortho intramolecular Hbond substituents is 3. The van der Waals surface area contributed by atoms with Crippen LogP contribution in [-0.4, -0.2) is 47.9 Å². The van der Waals surface area contributed by atoms with Crippen LogP contribution in [0.1, 0.15) is 17.2 Å². The van der Waals surface area contributed by atoms with Gasteiger partial charge in [-0.1, -0.05) is 12.1 Å². The number of methoxy groups -OCH3 is 2. The van der Waals surface area contributed by atoms with E-state index in [4.69, 9.17) is 14.2 Å². The molecule has 8 heteroatoms. The Balaban J connectivity index is 1.95. The van der Waals surface area contributed by atoms with Crippen molar-refractivity contribution in [1.82, 2.24) is 0 Å². The number of Topliss-reactive ketones (excluding diaryl/α,β-unsaturated/α-hetero) is 1. The summed E-state index contributed by atoms with van der Waals surface area (Å²) >= 11 is 0. The molecule has 2 aromatic rings. The fraction of sp³-hybridized carbons (Fsp3) is 0.200. The molecule has 0 spiro atoms. The number of phenols is 3. The van der Waals surface area contributed by atoms with E-state index in [1.807, 2.05) is 0 Å². The first-order valence-electron chi connectivity index (χ1n) is 8.15. The summed E-state index contributed by atoms with van der Waals surface area (Å²) in [7, 11) is 2.72. The minimum Gasteiger partial charge on any atom is -0.504 e. The molecule has 0 aliphatic heterocycles. The summed E-state index contributed by atoms with van der Waals surface area (Å²) in [4.78, 5) is 24.1. The largest absolute Gasteiger partial charge is 0.504 e. The lowest BCUT2D eigenvalue weighted by Gasteiger charge is -2.15. The molecule has 28 heavy (non-hydrogen) atoms. The lowest BCUT2D eigenvalue weighted by molar-refractivity contribution is -0.146. The molecular weight excluding hydrogens is 368 g/mol. The number of benzene rings is 2. The van der Waals surface area contributed by atoms with Crippen LogP contribution >= 0.6 is 0 Å². The molecule has 0 radical (unpaired) electrons. The van der Waals surface area contributed by atoms with Gasteiger partial charge in [0.15, 0.2) is 29.6 Å². The Hall–Kier alpha value is -3.52. The van der Waals surface area contributed by atoms with Gasteiger partial charge < -0.3 is 29.5 Å². The lowest BCUT2D eigenvalue weighted by atomic mass is 10.1. The Morgan fingerprint density at radius 2 is 1.75 bits per heavy atom. The monoisotopic (exact) mass is 388 g/mol. The molecule has 0 aliphatic rings. The third kappa shape index (κ3) is 5.24. The highest BCUT2D eigenvalue weighted by Gasteiger charge is 2.22. The minimum atomic E-state index is -1.07. The molecule has 0 saturated heterocycles. The highest BCUT2D eigenvalue weighted by Crippen LogP contribution is 2.29. The smallest absolute Gasteiger partial charge is 0.331 e. The lowest BCUT2D eigenvalue weighted by Crippen LogP contribution is -2.21. The molecule has 1 atom stereocenters. The second-order valence-corrected chi connectivity index (χ2v) is 5.70. The molecule has 0 fully saturated rings. The molecule has 0 saturated carbocycles. The van der Waals surface area contributed by atoms with E-state index in [9.17, 15) is 24.9 Å². The molecule has 0 aliphatic carbocycles. The van der Waals surface area contributed by atoms with Crippen LogP contribution in [0.5, 0.6) is 23.0 Å². The van der Waals surface area contributed by atoms with Gasteiger partial charge in [-0.25, -0.2) is 4.79 Å². The maximum Gasteiger partial charge on any atom is 0.331 e. The van der Waals surface area contributed by atoms with E-state index in [-0.39, 0.29) is 11.5 Å². The Labute approximate surface area is 161 Å². The van der Waals surface area contributed by atoms with Crippen molar-refractivity contribution in [2.24, 2.45) is 0 Å². The Kier molecular flexibility index (Phi) is 7.00. The normalized spacial score (nSPS) is 11.9. The van der Waals surface area contributed by atoms with E-state index in [1.165, 1.54) is 44.6 Å². The number of hydrogen-bond donors (Lipinski definition) is 3. The Bertz CT molecular complexity index is 888. The molecule has 2 aromatic carbocycles. The highest BCUT2D eigenvalue weighted by molar-refractivity contribution is 5.91. The average molecular weight is 388 g/mol. The second-order valence-electron chi connectivity index (χ2n) is 5.70. The van der Waals surface area contributed by atoms with Crippen LogP contribution in [0.4, 0.5) is 0 Å². The molecule has 8 nitrogen and oxygen atoms in total. The van der Waals surface area contributed by atoms with Crippen molar-refractivity contribution in [3.63, 3.8) is 0 Å². The van der Waals surface area contributed by atoms with Gasteiger partial charge in [0, 0.05) is 13.2 Å². The van der Waals surface area contributed by atoms with E-state index >= 15 is 0 Å². The first-order valence-corrected chi connectivity index (χ1v) is 8.15. The average Bonchev–Trinajstić information content (AvgIpc) is 2.68.